The number of nitrogens with one attached hydrogen (secondary N) is 1. The number of carbonyl (C=O) groups excluding carboxylic acids is 1. The van der Waals surface area contributed by atoms with Crippen molar-refractivity contribution in [3.05, 3.63) is 99.9 Å². The van der Waals surface area contributed by atoms with Gasteiger partial charge in [0.1, 0.15) is 11.0 Å². The van der Waals surface area contributed by atoms with Gasteiger partial charge in [-0.2, -0.15) is 13.7 Å². The second kappa shape index (κ2) is 9.97. The van der Waals surface area contributed by atoms with Gasteiger partial charge in [-0.1, -0.05) is 36.4 Å². The van der Waals surface area contributed by atoms with Crippen LogP contribution >= 0.6 is 11.3 Å². The van der Waals surface area contributed by atoms with Crippen molar-refractivity contribution in [3.8, 4) is 17.3 Å². The highest BCUT2D eigenvalue weighted by Gasteiger charge is 2.19. The molecule has 0 saturated heterocycles. The predicted molar refractivity (Wildman–Crippen MR) is 130 cm³/mol. The van der Waals surface area contributed by atoms with Crippen LogP contribution in [0.2, 0.25) is 0 Å². The van der Waals surface area contributed by atoms with Crippen LogP contribution in [-0.4, -0.2) is 19.3 Å². The van der Waals surface area contributed by atoms with Gasteiger partial charge in [0.05, 0.1) is 22.9 Å². The molecule has 34 heavy (non-hydrogen) atoms. The molecule has 9 heteroatoms. The van der Waals surface area contributed by atoms with E-state index in [1.165, 1.54) is 18.2 Å². The Bertz CT molecular complexity index is 1490. The molecule has 0 aliphatic carbocycles. The van der Waals surface area contributed by atoms with Crippen molar-refractivity contribution in [1.29, 1.82) is 5.26 Å². The first-order valence-electron chi connectivity index (χ1n) is 10.2. The number of rotatable bonds is 7. The lowest BCUT2D eigenvalue weighted by molar-refractivity contribution is 0.102. The number of nitrogens with zero attached hydrogens (tertiary/aromatic N) is 2. The van der Waals surface area contributed by atoms with Crippen LogP contribution in [0.25, 0.3) is 11.3 Å². The summed E-state index contributed by atoms with van der Waals surface area (Å²) in [5.74, 6) is -0.297. The highest BCUT2D eigenvalue weighted by atomic mass is 32.2. The van der Waals surface area contributed by atoms with Crippen LogP contribution in [0.3, 0.4) is 0 Å². The van der Waals surface area contributed by atoms with E-state index >= 15 is 0 Å². The summed E-state index contributed by atoms with van der Waals surface area (Å²) in [6.45, 7) is 1.72. The molecule has 3 aromatic carbocycles. The number of anilines is 1. The molecule has 0 aliphatic heterocycles. The molecule has 1 aromatic heterocycles. The van der Waals surface area contributed by atoms with Crippen molar-refractivity contribution in [3.63, 3.8) is 0 Å². The third-order valence-corrected chi connectivity index (χ3v) is 7.01. The molecule has 0 radical (unpaired) electrons. The summed E-state index contributed by atoms with van der Waals surface area (Å²) < 4.78 is 30.0. The highest BCUT2D eigenvalue weighted by Crippen LogP contribution is 2.24. The predicted octanol–water partition coefficient (Wildman–Crippen LogP) is 5.15. The summed E-state index contributed by atoms with van der Waals surface area (Å²) in [7, 11) is -4.10. The highest BCUT2D eigenvalue weighted by molar-refractivity contribution is 7.86. The quantitative estimate of drug-likeness (QED) is 0.360. The fourth-order valence-corrected chi connectivity index (χ4v) is 4.86. The lowest BCUT2D eigenvalue weighted by atomic mass is 10.1. The monoisotopic (exact) mass is 489 g/mol. The number of aryl methyl sites for hydroxylation is 1. The molecule has 7 nitrogen and oxygen atoms in total. The van der Waals surface area contributed by atoms with Crippen LogP contribution in [0.5, 0.6) is 0 Å². The average molecular weight is 490 g/mol. The Morgan fingerprint density at radius 2 is 1.85 bits per heavy atom. The van der Waals surface area contributed by atoms with Gasteiger partial charge in [0.25, 0.3) is 16.0 Å². The molecule has 0 saturated carbocycles. The van der Waals surface area contributed by atoms with Crippen molar-refractivity contribution in [2.45, 2.75) is 18.4 Å². The molecular weight excluding hydrogens is 470 g/mol. The standard InChI is InChI=1S/C25H19N3O4S2/c1-17-27-23(16-33-17)20-6-4-7-22(13-20)28-25(29)19-11-9-18(10-12-19)15-32-34(30,31)24-8-3-2-5-21(24)14-26/h2-13,16H,15H2,1H3,(H,28,29). The van der Waals surface area contributed by atoms with Crippen LogP contribution in [0.4, 0.5) is 5.69 Å². The van der Waals surface area contributed by atoms with Crippen LogP contribution in [0, 0.1) is 18.3 Å². The Morgan fingerprint density at radius 1 is 1.09 bits per heavy atom. The minimum Gasteiger partial charge on any atom is -0.322 e. The first kappa shape index (κ1) is 23.3. The molecule has 0 aliphatic rings. The maximum Gasteiger partial charge on any atom is 0.298 e. The maximum absolute atomic E-state index is 12.7. The summed E-state index contributed by atoms with van der Waals surface area (Å²) in [4.78, 5) is 17.0. The van der Waals surface area contributed by atoms with E-state index in [0.29, 0.717) is 16.8 Å². The number of amides is 1. The summed E-state index contributed by atoms with van der Waals surface area (Å²) >= 11 is 1.56. The van der Waals surface area contributed by atoms with Gasteiger partial charge in [-0.3, -0.25) is 8.98 Å². The molecule has 170 valence electrons. The van der Waals surface area contributed by atoms with E-state index in [1.807, 2.05) is 36.6 Å². The Balaban J connectivity index is 1.41. The number of thiazole rings is 1. The SMILES string of the molecule is Cc1nc(-c2cccc(NC(=O)c3ccc(COS(=O)(=O)c4ccccc4C#N)cc3)c2)cs1. The van der Waals surface area contributed by atoms with E-state index in [9.17, 15) is 13.2 Å². The number of carbonyl (C=O) groups is 1. The molecule has 0 fully saturated rings. The lowest BCUT2D eigenvalue weighted by Gasteiger charge is -2.09. The Labute approximate surface area is 201 Å². The second-order valence-corrected chi connectivity index (χ2v) is 9.95. The average Bonchev–Trinajstić information content (AvgIpc) is 3.29. The van der Waals surface area contributed by atoms with Gasteiger partial charge in [0.2, 0.25) is 0 Å². The van der Waals surface area contributed by atoms with E-state index in [-0.39, 0.29) is 23.0 Å². The molecule has 1 heterocycles. The molecule has 1 amide bonds. The van der Waals surface area contributed by atoms with Gasteiger partial charge in [-0.05, 0) is 48.9 Å². The second-order valence-electron chi connectivity index (χ2n) is 7.31. The van der Waals surface area contributed by atoms with E-state index < -0.39 is 10.1 Å². The minimum absolute atomic E-state index is 0.0171. The lowest BCUT2D eigenvalue weighted by Crippen LogP contribution is -2.12. The molecule has 4 aromatic rings. The van der Waals surface area contributed by atoms with Crippen molar-refractivity contribution < 1.29 is 17.4 Å². The first-order chi connectivity index (χ1) is 16.4. The topological polar surface area (TPSA) is 109 Å². The van der Waals surface area contributed by atoms with Crippen molar-refractivity contribution in [1.82, 2.24) is 4.98 Å². The maximum atomic E-state index is 12.7. The van der Waals surface area contributed by atoms with E-state index in [2.05, 4.69) is 10.3 Å². The Kier molecular flexibility index (Phi) is 6.84. The normalized spacial score (nSPS) is 11.1. The Morgan fingerprint density at radius 3 is 2.56 bits per heavy atom. The van der Waals surface area contributed by atoms with Crippen molar-refractivity contribution >= 4 is 33.0 Å². The molecule has 0 bridgehead atoms. The third kappa shape index (κ3) is 5.38. The summed E-state index contributed by atoms with van der Waals surface area (Å²) in [6.07, 6.45) is 0. The van der Waals surface area contributed by atoms with E-state index in [4.69, 9.17) is 9.44 Å². The van der Waals surface area contributed by atoms with Crippen molar-refractivity contribution in [2.75, 3.05) is 5.32 Å². The minimum atomic E-state index is -4.10. The zero-order valence-electron chi connectivity index (χ0n) is 18.1. The van der Waals surface area contributed by atoms with E-state index in [1.54, 1.807) is 47.7 Å². The van der Waals surface area contributed by atoms with Crippen LogP contribution in [0.1, 0.15) is 26.5 Å². The fourth-order valence-electron chi connectivity index (χ4n) is 3.19. The summed E-state index contributed by atoms with van der Waals surface area (Å²) in [6, 6.07) is 21.6. The number of hydrogen-bond acceptors (Lipinski definition) is 7. The molecule has 1 N–H and O–H groups in total. The zero-order valence-corrected chi connectivity index (χ0v) is 19.7. The van der Waals surface area contributed by atoms with Gasteiger partial charge < -0.3 is 5.32 Å². The number of aromatic nitrogens is 1. The van der Waals surface area contributed by atoms with E-state index in [0.717, 1.165) is 16.3 Å². The van der Waals surface area contributed by atoms with Crippen LogP contribution < -0.4 is 5.32 Å². The van der Waals surface area contributed by atoms with Gasteiger partial charge in [-0.25, -0.2) is 4.98 Å². The summed E-state index contributed by atoms with van der Waals surface area (Å²) in [5, 5.41) is 14.9. The zero-order chi connectivity index (χ0) is 24.1. The molecular formula is C25H19N3O4S2. The number of nitriles is 1. The first-order valence-corrected chi connectivity index (χ1v) is 12.5. The Hall–Kier alpha value is -3.84. The number of benzene rings is 3. The molecule has 0 spiro atoms. The van der Waals surface area contributed by atoms with Gasteiger partial charge >= 0.3 is 0 Å². The largest absolute Gasteiger partial charge is 0.322 e. The number of hydrogen-bond donors (Lipinski definition) is 1. The van der Waals surface area contributed by atoms with Gasteiger partial charge in [-0.15, -0.1) is 11.3 Å². The van der Waals surface area contributed by atoms with Crippen LogP contribution in [0.15, 0.2) is 83.1 Å². The van der Waals surface area contributed by atoms with Crippen molar-refractivity contribution in [2.24, 2.45) is 0 Å². The smallest absolute Gasteiger partial charge is 0.298 e. The third-order valence-electron chi connectivity index (χ3n) is 4.91. The fraction of sp³-hybridized carbons (Fsp3) is 0.0800. The van der Waals surface area contributed by atoms with Gasteiger partial charge in [0.15, 0.2) is 0 Å². The van der Waals surface area contributed by atoms with Gasteiger partial charge in [0, 0.05) is 22.2 Å². The molecule has 0 unspecified atom stereocenters. The summed E-state index contributed by atoms with van der Waals surface area (Å²) in [5.41, 5.74) is 3.40. The molecule has 0 atom stereocenters. The molecule has 4 rings (SSSR count). The van der Waals surface area contributed by atoms with Crippen LogP contribution in [-0.2, 0) is 20.9 Å².